The molecule has 0 aliphatic heterocycles. The number of nitriles is 1. The van der Waals surface area contributed by atoms with Crippen LogP contribution in [-0.4, -0.2) is 20.1 Å². The normalized spacial score (nSPS) is 12.2. The van der Waals surface area contributed by atoms with E-state index in [2.05, 4.69) is 21.7 Å². The molecule has 0 saturated carbocycles. The van der Waals surface area contributed by atoms with Gasteiger partial charge >= 0.3 is 0 Å². The summed E-state index contributed by atoms with van der Waals surface area (Å²) >= 11 is 0. The van der Waals surface area contributed by atoms with Crippen LogP contribution in [0.3, 0.4) is 0 Å². The Morgan fingerprint density at radius 3 is 2.73 bits per heavy atom. The van der Waals surface area contributed by atoms with E-state index in [1.54, 1.807) is 14.2 Å². The average molecular weight is 354 g/mol. The SMILES string of the molecule is CN=C(NCc1cc(C#N)ccc1F)NC(C)c1cc(C)ccc1OC. The Kier molecular flexibility index (Phi) is 6.56. The Morgan fingerprint density at radius 2 is 2.08 bits per heavy atom. The zero-order valence-corrected chi connectivity index (χ0v) is 15.4. The van der Waals surface area contributed by atoms with Gasteiger partial charge in [0.25, 0.3) is 0 Å². The molecule has 0 heterocycles. The van der Waals surface area contributed by atoms with Crippen LogP contribution in [0, 0.1) is 24.1 Å². The van der Waals surface area contributed by atoms with Gasteiger partial charge in [0, 0.05) is 24.7 Å². The van der Waals surface area contributed by atoms with E-state index in [0.717, 1.165) is 16.9 Å². The van der Waals surface area contributed by atoms with Crippen molar-refractivity contribution < 1.29 is 9.13 Å². The number of hydrogen-bond donors (Lipinski definition) is 2. The molecule has 0 fully saturated rings. The quantitative estimate of drug-likeness (QED) is 0.637. The second-order valence-corrected chi connectivity index (χ2v) is 5.96. The van der Waals surface area contributed by atoms with E-state index < -0.39 is 0 Å². The maximum atomic E-state index is 13.9. The maximum absolute atomic E-state index is 13.9. The third-order valence-electron chi connectivity index (χ3n) is 4.05. The van der Waals surface area contributed by atoms with E-state index in [9.17, 15) is 4.39 Å². The number of methoxy groups -OCH3 is 1. The number of nitrogens with one attached hydrogen (secondary N) is 2. The Morgan fingerprint density at radius 1 is 1.31 bits per heavy atom. The molecule has 0 aromatic heterocycles. The highest BCUT2D eigenvalue weighted by Gasteiger charge is 2.13. The molecule has 2 aromatic carbocycles. The monoisotopic (exact) mass is 354 g/mol. The van der Waals surface area contributed by atoms with E-state index >= 15 is 0 Å². The minimum atomic E-state index is -0.361. The third kappa shape index (κ3) is 4.73. The van der Waals surface area contributed by atoms with Crippen molar-refractivity contribution in [2.45, 2.75) is 26.4 Å². The molecule has 0 radical (unpaired) electrons. The third-order valence-corrected chi connectivity index (χ3v) is 4.05. The molecular formula is C20H23FN4O. The van der Waals surface area contributed by atoms with Crippen molar-refractivity contribution in [3.63, 3.8) is 0 Å². The van der Waals surface area contributed by atoms with Gasteiger partial charge in [0.05, 0.1) is 24.8 Å². The highest BCUT2D eigenvalue weighted by molar-refractivity contribution is 5.80. The van der Waals surface area contributed by atoms with Gasteiger partial charge in [-0.25, -0.2) is 4.39 Å². The fourth-order valence-corrected chi connectivity index (χ4v) is 2.63. The van der Waals surface area contributed by atoms with E-state index in [-0.39, 0.29) is 18.4 Å². The summed E-state index contributed by atoms with van der Waals surface area (Å²) in [7, 11) is 3.29. The van der Waals surface area contributed by atoms with Crippen molar-refractivity contribution in [1.82, 2.24) is 10.6 Å². The summed E-state index contributed by atoms with van der Waals surface area (Å²) in [6.45, 7) is 4.24. The van der Waals surface area contributed by atoms with Gasteiger partial charge in [0.15, 0.2) is 5.96 Å². The number of aliphatic imine (C=N–C) groups is 1. The second-order valence-electron chi connectivity index (χ2n) is 5.96. The standard InChI is InChI=1S/C20H23FN4O/c1-13-5-8-19(26-4)17(9-13)14(2)25-20(23-3)24-12-16-10-15(11-22)6-7-18(16)21/h5-10,14H,12H2,1-4H3,(H2,23,24,25). The summed E-state index contributed by atoms with van der Waals surface area (Å²) in [6, 6.07) is 12.2. The summed E-state index contributed by atoms with van der Waals surface area (Å²) in [5, 5.41) is 15.3. The number of aryl methyl sites for hydroxylation is 1. The average Bonchev–Trinajstić information content (AvgIpc) is 2.65. The van der Waals surface area contributed by atoms with Crippen molar-refractivity contribution in [2.24, 2.45) is 4.99 Å². The van der Waals surface area contributed by atoms with Gasteiger partial charge in [0.1, 0.15) is 11.6 Å². The van der Waals surface area contributed by atoms with Crippen molar-refractivity contribution >= 4 is 5.96 Å². The van der Waals surface area contributed by atoms with Crippen LogP contribution in [0.2, 0.25) is 0 Å². The van der Waals surface area contributed by atoms with Crippen LogP contribution in [0.4, 0.5) is 4.39 Å². The molecule has 0 saturated heterocycles. The van der Waals surface area contributed by atoms with Gasteiger partial charge in [-0.1, -0.05) is 17.7 Å². The molecule has 0 amide bonds. The van der Waals surface area contributed by atoms with Crippen LogP contribution < -0.4 is 15.4 Å². The summed E-state index contributed by atoms with van der Waals surface area (Å²) in [5.41, 5.74) is 2.97. The first-order valence-electron chi connectivity index (χ1n) is 8.28. The molecule has 1 unspecified atom stereocenters. The van der Waals surface area contributed by atoms with Crippen LogP contribution in [0.15, 0.2) is 41.4 Å². The van der Waals surface area contributed by atoms with Crippen LogP contribution in [0.1, 0.15) is 35.2 Å². The maximum Gasteiger partial charge on any atom is 0.191 e. The van der Waals surface area contributed by atoms with Crippen LogP contribution in [0.25, 0.3) is 0 Å². The number of rotatable bonds is 5. The van der Waals surface area contributed by atoms with Crippen LogP contribution in [-0.2, 0) is 6.54 Å². The molecule has 6 heteroatoms. The molecule has 0 aliphatic rings. The van der Waals surface area contributed by atoms with E-state index in [0.29, 0.717) is 17.1 Å². The number of halogens is 1. The molecule has 0 bridgehead atoms. The smallest absolute Gasteiger partial charge is 0.191 e. The number of ether oxygens (including phenoxy) is 1. The highest BCUT2D eigenvalue weighted by atomic mass is 19.1. The Hall–Kier alpha value is -3.07. The molecule has 2 N–H and O–H groups in total. The first kappa shape index (κ1) is 19.3. The topological polar surface area (TPSA) is 69.4 Å². The van der Waals surface area contributed by atoms with Gasteiger partial charge in [0.2, 0.25) is 0 Å². The van der Waals surface area contributed by atoms with E-state index in [1.807, 2.05) is 32.0 Å². The Balaban J connectivity index is 2.09. The number of benzene rings is 2. The highest BCUT2D eigenvalue weighted by Crippen LogP contribution is 2.26. The van der Waals surface area contributed by atoms with Gasteiger partial charge in [-0.2, -0.15) is 5.26 Å². The Bertz CT molecular complexity index is 842. The molecule has 1 atom stereocenters. The van der Waals surface area contributed by atoms with Crippen molar-refractivity contribution in [1.29, 1.82) is 5.26 Å². The lowest BCUT2D eigenvalue weighted by molar-refractivity contribution is 0.405. The minimum absolute atomic E-state index is 0.0636. The fourth-order valence-electron chi connectivity index (χ4n) is 2.63. The van der Waals surface area contributed by atoms with Crippen molar-refractivity contribution in [3.8, 4) is 11.8 Å². The van der Waals surface area contributed by atoms with Gasteiger partial charge < -0.3 is 15.4 Å². The van der Waals surface area contributed by atoms with Crippen LogP contribution in [0.5, 0.6) is 5.75 Å². The lowest BCUT2D eigenvalue weighted by atomic mass is 10.0. The zero-order valence-electron chi connectivity index (χ0n) is 15.4. The number of guanidine groups is 1. The molecule has 26 heavy (non-hydrogen) atoms. The molecule has 136 valence electrons. The Labute approximate surface area is 153 Å². The van der Waals surface area contributed by atoms with E-state index in [1.165, 1.54) is 18.2 Å². The number of hydrogen-bond acceptors (Lipinski definition) is 3. The van der Waals surface area contributed by atoms with Crippen molar-refractivity contribution in [2.75, 3.05) is 14.2 Å². The molecule has 5 nitrogen and oxygen atoms in total. The van der Waals surface area contributed by atoms with E-state index in [4.69, 9.17) is 10.00 Å². The lowest BCUT2D eigenvalue weighted by Gasteiger charge is -2.21. The summed E-state index contributed by atoms with van der Waals surface area (Å²) < 4.78 is 19.3. The van der Waals surface area contributed by atoms with Gasteiger partial charge in [-0.15, -0.1) is 0 Å². The molecule has 0 spiro atoms. The predicted molar refractivity (Wildman–Crippen MR) is 101 cm³/mol. The minimum Gasteiger partial charge on any atom is -0.496 e. The molecule has 0 aliphatic carbocycles. The molecule has 2 rings (SSSR count). The van der Waals surface area contributed by atoms with Crippen LogP contribution >= 0.6 is 0 Å². The predicted octanol–water partition coefficient (Wildman–Crippen LogP) is 3.44. The largest absolute Gasteiger partial charge is 0.496 e. The number of nitrogens with zero attached hydrogens (tertiary/aromatic N) is 2. The zero-order chi connectivity index (χ0) is 19.1. The molecule has 2 aromatic rings. The molecular weight excluding hydrogens is 331 g/mol. The first-order chi connectivity index (χ1) is 12.5. The first-order valence-corrected chi connectivity index (χ1v) is 8.28. The lowest BCUT2D eigenvalue weighted by Crippen LogP contribution is -2.38. The summed E-state index contributed by atoms with van der Waals surface area (Å²) in [5.74, 6) is 0.960. The summed E-state index contributed by atoms with van der Waals surface area (Å²) in [4.78, 5) is 4.18. The summed E-state index contributed by atoms with van der Waals surface area (Å²) in [6.07, 6.45) is 0. The second kappa shape index (κ2) is 8.86. The van der Waals surface area contributed by atoms with Crippen molar-refractivity contribution in [3.05, 3.63) is 64.5 Å². The van der Waals surface area contributed by atoms with Gasteiger partial charge in [-0.05, 0) is 38.1 Å². The fraction of sp³-hybridized carbons (Fsp3) is 0.300. The van der Waals surface area contributed by atoms with Gasteiger partial charge in [-0.3, -0.25) is 4.99 Å².